The van der Waals surface area contributed by atoms with E-state index in [0.29, 0.717) is 11.3 Å². The molecular weight excluding hydrogens is 206 g/mol. The van der Waals surface area contributed by atoms with E-state index in [4.69, 9.17) is 0 Å². The number of aryl methyl sites for hydroxylation is 1. The average molecular weight is 217 g/mol. The number of hydrogen-bond donors (Lipinski definition) is 1. The van der Waals surface area contributed by atoms with Crippen molar-refractivity contribution in [1.29, 1.82) is 0 Å². The number of aromatic amines is 1. The summed E-state index contributed by atoms with van der Waals surface area (Å²) in [5, 5.41) is 0.746. The smallest absolute Gasteiger partial charge is 0.379 e. The van der Waals surface area contributed by atoms with Crippen LogP contribution in [0.3, 0.4) is 0 Å². The van der Waals surface area contributed by atoms with Gasteiger partial charge in [0.2, 0.25) is 0 Å². The largest absolute Gasteiger partial charge is 0.463 e. The first-order valence-electron chi connectivity index (χ1n) is 4.85. The molecule has 0 aliphatic carbocycles. The second-order valence-corrected chi connectivity index (χ2v) is 3.49. The highest BCUT2D eigenvalue weighted by Gasteiger charge is 2.22. The Hall–Kier alpha value is -2.10. The zero-order valence-corrected chi connectivity index (χ0v) is 9.03. The molecular formula is C12H11NO3. The molecule has 4 heteroatoms. The van der Waals surface area contributed by atoms with E-state index in [1.807, 2.05) is 18.2 Å². The number of H-pyrrole nitrogens is 1. The van der Waals surface area contributed by atoms with Gasteiger partial charge < -0.3 is 9.72 Å². The maximum atomic E-state index is 11.8. The first kappa shape index (κ1) is 10.4. The molecule has 0 unspecified atom stereocenters. The number of methoxy groups -OCH3 is 1. The molecule has 16 heavy (non-hydrogen) atoms. The Labute approximate surface area is 92.2 Å². The van der Waals surface area contributed by atoms with Crippen LogP contribution in [0.25, 0.3) is 10.9 Å². The highest BCUT2D eigenvalue weighted by Crippen LogP contribution is 2.22. The van der Waals surface area contributed by atoms with Crippen molar-refractivity contribution in [2.24, 2.45) is 0 Å². The summed E-state index contributed by atoms with van der Waals surface area (Å²) in [7, 11) is 1.20. The number of esters is 1. The quantitative estimate of drug-likeness (QED) is 0.474. The first-order chi connectivity index (χ1) is 7.65. The summed E-state index contributed by atoms with van der Waals surface area (Å²) >= 11 is 0. The molecule has 0 spiro atoms. The minimum atomic E-state index is -0.840. The minimum Gasteiger partial charge on any atom is -0.463 e. The fourth-order valence-electron chi connectivity index (χ4n) is 1.76. The molecule has 0 saturated carbocycles. The van der Waals surface area contributed by atoms with Gasteiger partial charge in [0, 0.05) is 16.6 Å². The van der Waals surface area contributed by atoms with Gasteiger partial charge in [0.05, 0.1) is 12.7 Å². The number of para-hydroxylation sites is 1. The lowest BCUT2D eigenvalue weighted by Crippen LogP contribution is -2.16. The van der Waals surface area contributed by atoms with Gasteiger partial charge >= 0.3 is 5.97 Å². The second-order valence-electron chi connectivity index (χ2n) is 3.49. The Morgan fingerprint density at radius 3 is 2.62 bits per heavy atom. The van der Waals surface area contributed by atoms with Crippen molar-refractivity contribution in [3.8, 4) is 0 Å². The molecule has 0 amide bonds. The fraction of sp³-hybridized carbons (Fsp3) is 0.167. The maximum absolute atomic E-state index is 11.8. The number of ketones is 1. The normalized spacial score (nSPS) is 10.4. The monoisotopic (exact) mass is 217 g/mol. The number of carbonyl (C=O) groups is 2. The van der Waals surface area contributed by atoms with Crippen molar-refractivity contribution in [1.82, 2.24) is 4.98 Å². The molecule has 0 atom stereocenters. The van der Waals surface area contributed by atoms with Crippen LogP contribution in [0, 0.1) is 6.92 Å². The lowest BCUT2D eigenvalue weighted by atomic mass is 10.1. The molecule has 0 aliphatic rings. The number of ether oxygens (including phenoxy) is 1. The number of benzene rings is 1. The minimum absolute atomic E-state index is 0.391. The Bertz CT molecular complexity index is 569. The molecule has 1 heterocycles. The number of fused-ring (bicyclic) bond motifs is 1. The molecule has 0 saturated heterocycles. The van der Waals surface area contributed by atoms with Crippen LogP contribution in [0.4, 0.5) is 0 Å². The number of Topliss-reactive ketones (excluding diaryl/α,β-unsaturated/α-hetero) is 1. The number of nitrogens with one attached hydrogen (secondary N) is 1. The van der Waals surface area contributed by atoms with Gasteiger partial charge in [0.15, 0.2) is 0 Å². The first-order valence-corrected chi connectivity index (χ1v) is 4.85. The number of aromatic nitrogens is 1. The molecule has 1 aromatic carbocycles. The van der Waals surface area contributed by atoms with Crippen LogP contribution in [0.15, 0.2) is 24.3 Å². The lowest BCUT2D eigenvalue weighted by Gasteiger charge is -1.98. The van der Waals surface area contributed by atoms with E-state index >= 15 is 0 Å². The van der Waals surface area contributed by atoms with Crippen LogP contribution in [-0.2, 0) is 9.53 Å². The van der Waals surface area contributed by atoms with Crippen LogP contribution >= 0.6 is 0 Å². The van der Waals surface area contributed by atoms with E-state index in [1.54, 1.807) is 13.0 Å². The summed E-state index contributed by atoms with van der Waals surface area (Å²) in [6.45, 7) is 1.76. The Balaban J connectivity index is 2.64. The van der Waals surface area contributed by atoms with Crippen molar-refractivity contribution in [2.75, 3.05) is 7.11 Å². The molecule has 2 aromatic rings. The lowest BCUT2D eigenvalue weighted by molar-refractivity contribution is -0.135. The zero-order valence-electron chi connectivity index (χ0n) is 9.03. The summed E-state index contributed by atoms with van der Waals surface area (Å²) in [6.07, 6.45) is 0. The van der Waals surface area contributed by atoms with Crippen LogP contribution in [0.1, 0.15) is 16.1 Å². The van der Waals surface area contributed by atoms with Gasteiger partial charge in [0.25, 0.3) is 5.78 Å². The number of rotatable bonds is 2. The van der Waals surface area contributed by atoms with E-state index in [1.165, 1.54) is 7.11 Å². The van der Waals surface area contributed by atoms with Gasteiger partial charge in [-0.3, -0.25) is 4.79 Å². The van der Waals surface area contributed by atoms with Gasteiger partial charge in [0.1, 0.15) is 0 Å². The molecule has 1 N–H and O–H groups in total. The Morgan fingerprint density at radius 1 is 1.25 bits per heavy atom. The summed E-state index contributed by atoms with van der Waals surface area (Å²) < 4.78 is 4.44. The molecule has 0 aliphatic heterocycles. The summed E-state index contributed by atoms with van der Waals surface area (Å²) in [5.41, 5.74) is 1.91. The summed E-state index contributed by atoms with van der Waals surface area (Å²) in [4.78, 5) is 26.1. The molecule has 0 radical (unpaired) electrons. The van der Waals surface area contributed by atoms with E-state index in [-0.39, 0.29) is 0 Å². The van der Waals surface area contributed by atoms with E-state index in [2.05, 4.69) is 9.72 Å². The van der Waals surface area contributed by atoms with Crippen LogP contribution in [0.2, 0.25) is 0 Å². The van der Waals surface area contributed by atoms with Gasteiger partial charge in [-0.1, -0.05) is 18.2 Å². The third-order valence-electron chi connectivity index (χ3n) is 2.49. The SMILES string of the molecule is COC(=O)C(=O)c1c(C)[nH]c2ccccc12. The van der Waals surface area contributed by atoms with Gasteiger partial charge in [-0.2, -0.15) is 0 Å². The van der Waals surface area contributed by atoms with E-state index in [0.717, 1.165) is 10.9 Å². The third-order valence-corrected chi connectivity index (χ3v) is 2.49. The van der Waals surface area contributed by atoms with E-state index in [9.17, 15) is 9.59 Å². The Kier molecular flexibility index (Phi) is 2.48. The molecule has 0 fully saturated rings. The van der Waals surface area contributed by atoms with Crippen LogP contribution in [-0.4, -0.2) is 23.8 Å². The standard InChI is InChI=1S/C12H11NO3/c1-7-10(11(14)12(15)16-2)8-5-3-4-6-9(8)13-7/h3-6,13H,1-2H3. The highest BCUT2D eigenvalue weighted by molar-refractivity contribution is 6.43. The van der Waals surface area contributed by atoms with Gasteiger partial charge in [-0.05, 0) is 13.0 Å². The molecule has 0 bridgehead atoms. The van der Waals surface area contributed by atoms with Crippen molar-refractivity contribution in [3.63, 3.8) is 0 Å². The molecule has 1 aromatic heterocycles. The summed E-state index contributed by atoms with van der Waals surface area (Å²) in [6, 6.07) is 7.35. The van der Waals surface area contributed by atoms with E-state index < -0.39 is 11.8 Å². The summed E-state index contributed by atoms with van der Waals surface area (Å²) in [5.74, 6) is -1.45. The van der Waals surface area contributed by atoms with Crippen molar-refractivity contribution < 1.29 is 14.3 Å². The van der Waals surface area contributed by atoms with Gasteiger partial charge in [-0.25, -0.2) is 4.79 Å². The Morgan fingerprint density at radius 2 is 1.94 bits per heavy atom. The highest BCUT2D eigenvalue weighted by atomic mass is 16.5. The van der Waals surface area contributed by atoms with Gasteiger partial charge in [-0.15, -0.1) is 0 Å². The second kappa shape index (κ2) is 3.81. The van der Waals surface area contributed by atoms with Crippen LogP contribution < -0.4 is 0 Å². The molecule has 2 rings (SSSR count). The predicted octanol–water partition coefficient (Wildman–Crippen LogP) is 1.83. The average Bonchev–Trinajstić information content (AvgIpc) is 2.63. The maximum Gasteiger partial charge on any atom is 0.379 e. The third kappa shape index (κ3) is 1.48. The predicted molar refractivity (Wildman–Crippen MR) is 59.4 cm³/mol. The zero-order chi connectivity index (χ0) is 11.7. The van der Waals surface area contributed by atoms with Crippen molar-refractivity contribution >= 4 is 22.7 Å². The number of hydrogen-bond acceptors (Lipinski definition) is 3. The van der Waals surface area contributed by atoms with Crippen molar-refractivity contribution in [2.45, 2.75) is 6.92 Å². The van der Waals surface area contributed by atoms with Crippen LogP contribution in [0.5, 0.6) is 0 Å². The molecule has 4 nitrogen and oxygen atoms in total. The number of carbonyl (C=O) groups excluding carboxylic acids is 2. The van der Waals surface area contributed by atoms with Crippen molar-refractivity contribution in [3.05, 3.63) is 35.5 Å². The fourth-order valence-corrected chi connectivity index (χ4v) is 1.76. The topological polar surface area (TPSA) is 59.2 Å². The molecule has 82 valence electrons.